The molecular weight excluding hydrogens is 365 g/mol. The molecule has 0 fully saturated rings. The van der Waals surface area contributed by atoms with E-state index in [2.05, 4.69) is 10.3 Å². The second-order valence-corrected chi connectivity index (χ2v) is 6.70. The molecule has 1 aromatic carbocycles. The minimum absolute atomic E-state index is 0.0990. The maximum atomic E-state index is 13.1. The van der Waals surface area contributed by atoms with Gasteiger partial charge in [-0.1, -0.05) is 23.4 Å². The number of hydrogen-bond donors (Lipinski definition) is 2. The van der Waals surface area contributed by atoms with Crippen LogP contribution in [0.3, 0.4) is 0 Å². The van der Waals surface area contributed by atoms with Crippen molar-refractivity contribution < 1.29 is 14.2 Å². The van der Waals surface area contributed by atoms with Crippen molar-refractivity contribution in [2.24, 2.45) is 0 Å². The number of carbonyl (C=O) groups is 1. The van der Waals surface area contributed by atoms with Gasteiger partial charge in [-0.3, -0.25) is 10.5 Å². The van der Waals surface area contributed by atoms with Crippen LogP contribution in [-0.2, 0) is 4.79 Å². The zero-order valence-electron chi connectivity index (χ0n) is 12.9. The summed E-state index contributed by atoms with van der Waals surface area (Å²) in [6.45, 7) is 1.63. The third kappa shape index (κ3) is 4.38. The Morgan fingerprint density at radius 2 is 2.04 bits per heavy atom. The van der Waals surface area contributed by atoms with Crippen LogP contribution in [0.25, 0.3) is 0 Å². The molecule has 0 aliphatic rings. The monoisotopic (exact) mass is 376 g/mol. The molecule has 0 aliphatic heterocycles. The first kappa shape index (κ1) is 18.5. The number of aromatic nitrogens is 1. The van der Waals surface area contributed by atoms with Crippen molar-refractivity contribution in [1.29, 1.82) is 10.5 Å². The lowest BCUT2D eigenvalue weighted by atomic mass is 10.2. The fourth-order valence-corrected chi connectivity index (χ4v) is 2.96. The lowest BCUT2D eigenvalue weighted by Crippen LogP contribution is -2.25. The Labute approximate surface area is 152 Å². The number of aromatic amines is 1. The van der Waals surface area contributed by atoms with Crippen LogP contribution in [0.5, 0.6) is 0 Å². The third-order valence-corrected chi connectivity index (χ3v) is 4.58. The Morgan fingerprint density at radius 3 is 2.64 bits per heavy atom. The number of hydrogen-bond acceptors (Lipinski definition) is 5. The van der Waals surface area contributed by atoms with Gasteiger partial charge >= 0.3 is 0 Å². The van der Waals surface area contributed by atoms with E-state index in [-0.39, 0.29) is 27.9 Å². The molecule has 25 heavy (non-hydrogen) atoms. The van der Waals surface area contributed by atoms with E-state index in [0.29, 0.717) is 10.7 Å². The smallest absolute Gasteiger partial charge is 0.289 e. The lowest BCUT2D eigenvalue weighted by Gasteiger charge is -2.12. The number of carbonyl (C=O) groups excluding carboxylic acids is 1. The summed E-state index contributed by atoms with van der Waals surface area (Å²) in [6.07, 6.45) is 0. The number of benzene rings is 1. The van der Waals surface area contributed by atoms with Gasteiger partial charge in [-0.15, -0.1) is 0 Å². The Balaban J connectivity index is 2.16. The molecule has 6 nitrogen and oxygen atoms in total. The van der Waals surface area contributed by atoms with Gasteiger partial charge in [0.05, 0.1) is 10.3 Å². The van der Waals surface area contributed by atoms with Gasteiger partial charge in [-0.25, -0.2) is 9.37 Å². The molecule has 0 unspecified atom stereocenters. The molecule has 0 radical (unpaired) electrons. The van der Waals surface area contributed by atoms with Crippen LogP contribution in [-0.4, -0.2) is 11.2 Å². The predicted octanol–water partition coefficient (Wildman–Crippen LogP) is 2.74. The van der Waals surface area contributed by atoms with Gasteiger partial charge < -0.3 is 5.32 Å². The van der Waals surface area contributed by atoms with Gasteiger partial charge in [0.2, 0.25) is 5.91 Å². The maximum absolute atomic E-state index is 13.1. The van der Waals surface area contributed by atoms with E-state index in [1.807, 2.05) is 12.1 Å². The van der Waals surface area contributed by atoms with Gasteiger partial charge in [0.15, 0.2) is 5.03 Å². The van der Waals surface area contributed by atoms with E-state index in [4.69, 9.17) is 22.6 Å². The van der Waals surface area contributed by atoms with Gasteiger partial charge in [-0.2, -0.15) is 10.5 Å². The highest BCUT2D eigenvalue weighted by Gasteiger charge is 2.21. The van der Waals surface area contributed by atoms with E-state index in [9.17, 15) is 14.4 Å². The molecule has 126 valence electrons. The van der Waals surface area contributed by atoms with Gasteiger partial charge in [0, 0.05) is 5.69 Å². The second-order valence-electron chi connectivity index (χ2n) is 4.94. The van der Waals surface area contributed by atoms with Crippen molar-refractivity contribution in [2.45, 2.75) is 17.2 Å². The molecule has 0 saturated heterocycles. The van der Waals surface area contributed by atoms with Crippen molar-refractivity contribution >= 4 is 40.8 Å². The Hall–Kier alpha value is -2.81. The molecule has 0 spiro atoms. The lowest BCUT2D eigenvalue weighted by molar-refractivity contribution is -0.410. The minimum Gasteiger partial charge on any atom is -0.325 e. The summed E-state index contributed by atoms with van der Waals surface area (Å²) in [5.41, 5.74) is 6.42. The largest absolute Gasteiger partial charge is 0.325 e. The number of thioether (sulfide) groups is 1. The number of halogens is 2. The summed E-state index contributed by atoms with van der Waals surface area (Å²) in [6, 6.07) is 9.04. The van der Waals surface area contributed by atoms with Crippen molar-refractivity contribution in [1.82, 2.24) is 0 Å². The van der Waals surface area contributed by atoms with Gasteiger partial charge in [0.1, 0.15) is 29.1 Å². The SMILES string of the molecule is C[C@@H](Sc1[nH+]c(N)c(C#N)cc1C#N)C(=O)Nc1ccc(F)c(Cl)c1. The highest BCUT2D eigenvalue weighted by molar-refractivity contribution is 8.00. The standard InChI is InChI=1S/C16H11ClFN5OS/c1-8(15(24)22-11-2-3-13(18)12(17)5-11)25-16-10(7-20)4-9(6-19)14(21)23-16/h2-5,8H,1H3,(H2,21,23)(H,22,24)/p+1/t8-/m1/s1. The molecule has 0 bridgehead atoms. The van der Waals surface area contributed by atoms with E-state index < -0.39 is 11.1 Å². The molecule has 1 heterocycles. The third-order valence-electron chi connectivity index (χ3n) is 3.16. The molecule has 1 amide bonds. The van der Waals surface area contributed by atoms with Crippen LogP contribution in [0.4, 0.5) is 15.9 Å². The first-order chi connectivity index (χ1) is 11.8. The molecule has 1 atom stereocenters. The second kappa shape index (κ2) is 7.84. The van der Waals surface area contributed by atoms with E-state index >= 15 is 0 Å². The van der Waals surface area contributed by atoms with Gasteiger partial charge in [0.25, 0.3) is 5.82 Å². The van der Waals surface area contributed by atoms with Crippen molar-refractivity contribution in [3.05, 3.63) is 46.2 Å². The van der Waals surface area contributed by atoms with E-state index in [1.54, 1.807) is 6.92 Å². The number of nitrogens with two attached hydrogens (primary N) is 1. The number of rotatable bonds is 4. The Bertz CT molecular complexity index is 922. The summed E-state index contributed by atoms with van der Waals surface area (Å²) in [5.74, 6) is -0.835. The van der Waals surface area contributed by atoms with Crippen LogP contribution in [0.1, 0.15) is 18.1 Å². The van der Waals surface area contributed by atoms with Crippen molar-refractivity contribution in [3.63, 3.8) is 0 Å². The maximum Gasteiger partial charge on any atom is 0.289 e. The molecule has 9 heteroatoms. The molecule has 0 saturated carbocycles. The van der Waals surface area contributed by atoms with Crippen LogP contribution < -0.4 is 16.0 Å². The van der Waals surface area contributed by atoms with E-state index in [1.165, 1.54) is 18.2 Å². The zero-order valence-corrected chi connectivity index (χ0v) is 14.5. The quantitative estimate of drug-likeness (QED) is 0.795. The summed E-state index contributed by atoms with van der Waals surface area (Å²) >= 11 is 6.76. The first-order valence-corrected chi connectivity index (χ1v) is 8.20. The highest BCUT2D eigenvalue weighted by Crippen LogP contribution is 2.26. The van der Waals surface area contributed by atoms with Crippen LogP contribution in [0.2, 0.25) is 5.02 Å². The number of anilines is 2. The molecule has 0 aliphatic carbocycles. The predicted molar refractivity (Wildman–Crippen MR) is 92.2 cm³/mol. The number of H-pyrrole nitrogens is 1. The normalized spacial score (nSPS) is 11.2. The highest BCUT2D eigenvalue weighted by atomic mass is 35.5. The number of nitrogens with zero attached hydrogens (tertiary/aromatic N) is 2. The fourth-order valence-electron chi connectivity index (χ4n) is 1.86. The average Bonchev–Trinajstić information content (AvgIpc) is 2.58. The molecule has 2 rings (SSSR count). The van der Waals surface area contributed by atoms with Gasteiger partial charge in [-0.05, 0) is 31.2 Å². The number of pyridine rings is 1. The summed E-state index contributed by atoms with van der Waals surface area (Å²) in [4.78, 5) is 15.0. The van der Waals surface area contributed by atoms with Crippen molar-refractivity contribution in [2.75, 3.05) is 11.1 Å². The van der Waals surface area contributed by atoms with Crippen LogP contribution in [0.15, 0.2) is 29.3 Å². The molecule has 1 aromatic heterocycles. The fraction of sp³-hybridized carbons (Fsp3) is 0.125. The Morgan fingerprint density at radius 1 is 1.36 bits per heavy atom. The topological polar surface area (TPSA) is 117 Å². The first-order valence-electron chi connectivity index (χ1n) is 6.94. The molecule has 2 aromatic rings. The summed E-state index contributed by atoms with van der Waals surface area (Å²) in [5, 5.41) is 20.4. The summed E-state index contributed by atoms with van der Waals surface area (Å²) in [7, 11) is 0. The van der Waals surface area contributed by atoms with Crippen LogP contribution in [0, 0.1) is 28.5 Å². The Kier molecular flexibility index (Phi) is 5.81. The van der Waals surface area contributed by atoms with Crippen molar-refractivity contribution in [3.8, 4) is 12.1 Å². The summed E-state index contributed by atoms with van der Waals surface area (Å²) < 4.78 is 13.1. The molecule has 4 N–H and O–H groups in total. The molecular formula is C16H12ClFN5OS+. The van der Waals surface area contributed by atoms with E-state index in [0.717, 1.165) is 17.8 Å². The number of nitrogens with one attached hydrogen (secondary N) is 2. The zero-order chi connectivity index (χ0) is 18.6. The number of nitriles is 2. The van der Waals surface area contributed by atoms with Crippen LogP contribution >= 0.6 is 23.4 Å². The minimum atomic E-state index is -0.598. The average molecular weight is 377 g/mol. The number of nitrogen functional groups attached to an aromatic ring is 1. The number of amides is 1.